The van der Waals surface area contributed by atoms with Crippen LogP contribution in [0, 0.1) is 11.6 Å². The van der Waals surface area contributed by atoms with Crippen LogP contribution in [0.3, 0.4) is 0 Å². The van der Waals surface area contributed by atoms with Crippen molar-refractivity contribution in [1.29, 1.82) is 0 Å². The quantitative estimate of drug-likeness (QED) is 0.642. The number of hydrogen-bond donors (Lipinski definition) is 2. The van der Waals surface area contributed by atoms with Crippen LogP contribution in [-0.2, 0) is 10.3 Å². The number of halogens is 4. The Morgan fingerprint density at radius 2 is 1.81 bits per heavy atom. The van der Waals surface area contributed by atoms with Crippen molar-refractivity contribution < 1.29 is 23.1 Å². The Balaban J connectivity index is 1.52. The van der Waals surface area contributed by atoms with E-state index in [0.29, 0.717) is 22.9 Å². The van der Waals surface area contributed by atoms with Crippen molar-refractivity contribution in [2.24, 2.45) is 0 Å². The third-order valence-electron chi connectivity index (χ3n) is 5.97. The van der Waals surface area contributed by atoms with Crippen LogP contribution < -0.4 is 15.4 Å². The summed E-state index contributed by atoms with van der Waals surface area (Å²) >= 11 is 12.1. The Morgan fingerprint density at radius 1 is 1.13 bits per heavy atom. The minimum Gasteiger partial charge on any atom is -0.497 e. The maximum atomic E-state index is 14.6. The van der Waals surface area contributed by atoms with Gasteiger partial charge in [0.2, 0.25) is 0 Å². The Morgan fingerprint density at radius 3 is 2.39 bits per heavy atom. The van der Waals surface area contributed by atoms with Crippen molar-refractivity contribution >= 4 is 35.0 Å². The van der Waals surface area contributed by atoms with Crippen molar-refractivity contribution in [3.05, 3.63) is 63.1 Å². The Hall–Kier alpha value is -2.38. The average Bonchev–Trinajstić information content (AvgIpc) is 3.42. The Kier molecular flexibility index (Phi) is 5.83. The molecule has 0 bridgehead atoms. The van der Waals surface area contributed by atoms with Gasteiger partial charge >= 0.3 is 6.03 Å². The summed E-state index contributed by atoms with van der Waals surface area (Å²) in [6.45, 7) is 0. The van der Waals surface area contributed by atoms with Crippen molar-refractivity contribution in [3.8, 4) is 5.75 Å². The molecular formula is C22H20Cl2F2N2O3. The molecule has 2 atom stereocenters. The second-order valence-electron chi connectivity index (χ2n) is 7.90. The number of carbonyl (C=O) groups is 2. The zero-order valence-electron chi connectivity index (χ0n) is 16.6. The fourth-order valence-corrected chi connectivity index (χ4v) is 4.47. The van der Waals surface area contributed by atoms with E-state index in [1.54, 1.807) is 18.2 Å². The lowest BCUT2D eigenvalue weighted by atomic mass is 9.92. The molecule has 0 spiro atoms. The number of benzene rings is 2. The van der Waals surface area contributed by atoms with Gasteiger partial charge in [0.25, 0.3) is 0 Å². The van der Waals surface area contributed by atoms with Gasteiger partial charge in [0.1, 0.15) is 17.4 Å². The van der Waals surface area contributed by atoms with E-state index in [1.165, 1.54) is 7.11 Å². The lowest BCUT2D eigenvalue weighted by Crippen LogP contribution is -2.49. The zero-order chi connectivity index (χ0) is 22.3. The molecule has 9 heteroatoms. The summed E-state index contributed by atoms with van der Waals surface area (Å²) < 4.78 is 34.0. The highest BCUT2D eigenvalue weighted by atomic mass is 35.5. The molecule has 2 aliphatic rings. The maximum absolute atomic E-state index is 14.6. The first kappa shape index (κ1) is 21.8. The molecule has 31 heavy (non-hydrogen) atoms. The first-order chi connectivity index (χ1) is 14.7. The Bertz CT molecular complexity index is 1040. The molecule has 0 unspecified atom stereocenters. The molecule has 2 aliphatic carbocycles. The molecule has 164 valence electrons. The number of ketones is 1. The fraction of sp³-hybridized carbons (Fsp3) is 0.364. The van der Waals surface area contributed by atoms with Gasteiger partial charge in [-0.05, 0) is 37.0 Å². The number of methoxy groups -OCH3 is 1. The van der Waals surface area contributed by atoms with Gasteiger partial charge in [0, 0.05) is 30.0 Å². The maximum Gasteiger partial charge on any atom is 0.316 e. The summed E-state index contributed by atoms with van der Waals surface area (Å²) in [5, 5.41) is 6.30. The van der Waals surface area contributed by atoms with Gasteiger partial charge in [0.05, 0.1) is 28.7 Å². The summed E-state index contributed by atoms with van der Waals surface area (Å²) in [5.74, 6) is -2.64. The van der Waals surface area contributed by atoms with Crippen molar-refractivity contribution in [1.82, 2.24) is 10.6 Å². The average molecular weight is 469 g/mol. The van der Waals surface area contributed by atoms with Crippen molar-refractivity contribution in [2.45, 2.75) is 43.2 Å². The van der Waals surface area contributed by atoms with Crippen molar-refractivity contribution in [3.63, 3.8) is 0 Å². The van der Waals surface area contributed by atoms with Gasteiger partial charge in [-0.15, -0.1) is 0 Å². The summed E-state index contributed by atoms with van der Waals surface area (Å²) in [7, 11) is 1.31. The highest BCUT2D eigenvalue weighted by Gasteiger charge is 2.47. The molecule has 0 aliphatic heterocycles. The van der Waals surface area contributed by atoms with Gasteiger partial charge < -0.3 is 15.4 Å². The molecule has 2 aromatic carbocycles. The molecule has 0 saturated heterocycles. The number of hydrogen-bond acceptors (Lipinski definition) is 3. The number of carbonyl (C=O) groups excluding carboxylic acids is 2. The van der Waals surface area contributed by atoms with E-state index in [0.717, 1.165) is 17.7 Å². The van der Waals surface area contributed by atoms with Crippen LogP contribution in [0.5, 0.6) is 5.75 Å². The molecule has 2 saturated carbocycles. The number of rotatable bonds is 5. The van der Waals surface area contributed by atoms with Crippen LogP contribution in [0.15, 0.2) is 30.3 Å². The van der Waals surface area contributed by atoms with Crippen molar-refractivity contribution in [2.75, 3.05) is 7.11 Å². The SMILES string of the molecule is COc1cc(F)c([C@@H]2CCC(=O)[C@H]2NC(=O)NC2(c3ccc(Cl)c(Cl)c3)CC2)c(F)c1. The van der Waals surface area contributed by atoms with E-state index in [2.05, 4.69) is 10.6 Å². The minimum atomic E-state index is -1.03. The van der Waals surface area contributed by atoms with Gasteiger partial charge in [0.15, 0.2) is 5.78 Å². The van der Waals surface area contributed by atoms with E-state index in [1.807, 2.05) is 0 Å². The molecule has 0 aromatic heterocycles. The summed E-state index contributed by atoms with van der Waals surface area (Å²) in [6.07, 6.45) is 1.75. The van der Waals surface area contributed by atoms with Gasteiger partial charge in [-0.2, -0.15) is 0 Å². The smallest absolute Gasteiger partial charge is 0.316 e. The van der Waals surface area contributed by atoms with Crippen LogP contribution in [0.4, 0.5) is 13.6 Å². The molecule has 5 nitrogen and oxygen atoms in total. The second-order valence-corrected chi connectivity index (χ2v) is 8.72. The molecule has 2 aromatic rings. The predicted octanol–water partition coefficient (Wildman–Crippen LogP) is 5.08. The third-order valence-corrected chi connectivity index (χ3v) is 6.71. The normalized spacial score (nSPS) is 21.6. The standard InChI is InChI=1S/C22H20Cl2F2N2O3/c1-31-12-9-16(25)19(17(26)10-12)13-3-5-18(29)20(13)27-21(30)28-22(6-7-22)11-2-4-14(23)15(24)8-11/h2,4,8-10,13,20H,3,5-7H2,1H3,(H2,27,28,30)/t13-,20-/m0/s1. The largest absolute Gasteiger partial charge is 0.497 e. The fourth-order valence-electron chi connectivity index (χ4n) is 4.17. The highest BCUT2D eigenvalue weighted by Crippen LogP contribution is 2.47. The number of urea groups is 1. The monoisotopic (exact) mass is 468 g/mol. The molecule has 0 radical (unpaired) electrons. The van der Waals surface area contributed by atoms with E-state index in [-0.39, 0.29) is 29.9 Å². The molecule has 2 N–H and O–H groups in total. The van der Waals surface area contributed by atoms with E-state index >= 15 is 0 Å². The molecule has 2 amide bonds. The van der Waals surface area contributed by atoms with Crippen LogP contribution in [-0.4, -0.2) is 25.0 Å². The Labute approximate surface area is 188 Å². The van der Waals surface area contributed by atoms with Crippen LogP contribution in [0.1, 0.15) is 42.7 Å². The second kappa shape index (κ2) is 8.28. The topological polar surface area (TPSA) is 67.4 Å². The first-order valence-corrected chi connectivity index (χ1v) is 10.6. The molecule has 0 heterocycles. The highest BCUT2D eigenvalue weighted by molar-refractivity contribution is 6.42. The number of amides is 2. The van der Waals surface area contributed by atoms with Crippen LogP contribution in [0.2, 0.25) is 10.0 Å². The number of nitrogens with one attached hydrogen (secondary N) is 2. The van der Waals surface area contributed by atoms with Gasteiger partial charge in [-0.3, -0.25) is 4.79 Å². The van der Waals surface area contributed by atoms with Crippen LogP contribution in [0.25, 0.3) is 0 Å². The lowest BCUT2D eigenvalue weighted by molar-refractivity contribution is -0.119. The number of Topliss-reactive ketones (excluding diaryl/α,β-unsaturated/α-hetero) is 1. The van der Waals surface area contributed by atoms with E-state index in [4.69, 9.17) is 27.9 Å². The first-order valence-electron chi connectivity index (χ1n) is 9.84. The van der Waals surface area contributed by atoms with E-state index < -0.39 is 35.2 Å². The number of ether oxygens (including phenoxy) is 1. The summed E-state index contributed by atoms with van der Waals surface area (Å²) in [6, 6.07) is 5.68. The third kappa shape index (κ3) is 4.21. The summed E-state index contributed by atoms with van der Waals surface area (Å²) in [5.41, 5.74) is -0.0207. The van der Waals surface area contributed by atoms with E-state index in [9.17, 15) is 18.4 Å². The van der Waals surface area contributed by atoms with Crippen LogP contribution >= 0.6 is 23.2 Å². The summed E-state index contributed by atoms with van der Waals surface area (Å²) in [4.78, 5) is 25.2. The molecule has 4 rings (SSSR count). The zero-order valence-corrected chi connectivity index (χ0v) is 18.1. The molecular weight excluding hydrogens is 449 g/mol. The van der Waals surface area contributed by atoms with Gasteiger partial charge in [-0.25, -0.2) is 13.6 Å². The minimum absolute atomic E-state index is 0.0441. The molecule has 2 fully saturated rings. The predicted molar refractivity (Wildman–Crippen MR) is 113 cm³/mol. The van der Waals surface area contributed by atoms with Gasteiger partial charge in [-0.1, -0.05) is 29.3 Å². The lowest BCUT2D eigenvalue weighted by Gasteiger charge is -2.24.